The van der Waals surface area contributed by atoms with Gasteiger partial charge in [-0.3, -0.25) is 14.1 Å². The average Bonchev–Trinajstić information content (AvgIpc) is 3.65. The van der Waals surface area contributed by atoms with E-state index < -0.39 is 57.7 Å². The van der Waals surface area contributed by atoms with Gasteiger partial charge >= 0.3 is 16.4 Å². The van der Waals surface area contributed by atoms with Crippen LogP contribution in [0.3, 0.4) is 0 Å². The van der Waals surface area contributed by atoms with Crippen LogP contribution in [0, 0.1) is 0 Å². The summed E-state index contributed by atoms with van der Waals surface area (Å²) < 4.78 is 44.8. The van der Waals surface area contributed by atoms with E-state index in [0.29, 0.717) is 17.4 Å². The van der Waals surface area contributed by atoms with E-state index in [2.05, 4.69) is 24.7 Å². The van der Waals surface area contributed by atoms with Crippen LogP contribution >= 0.6 is 11.3 Å². The molecule has 19 nitrogen and oxygen atoms in total. The molecule has 0 spiro atoms. The summed E-state index contributed by atoms with van der Waals surface area (Å²) in [6.45, 7) is 4.63. The number of carbonyl (C=O) groups is 3. The number of thiazole rings is 1. The Morgan fingerprint density at radius 2 is 2.07 bits per heavy atom. The maximum atomic E-state index is 13.3. The molecule has 1 aliphatic heterocycles. The summed E-state index contributed by atoms with van der Waals surface area (Å²) in [6, 6.07) is 1.91. The van der Waals surface area contributed by atoms with E-state index in [1.54, 1.807) is 16.7 Å². The molecule has 3 aromatic heterocycles. The topological polar surface area (TPSA) is 268 Å². The predicted molar refractivity (Wildman–Crippen MR) is 159 cm³/mol. The number of aryl methyl sites for hydroxylation is 1. The number of hydroxylamine groups is 2. The number of amides is 2. The fourth-order valence-electron chi connectivity index (χ4n) is 4.06. The third-order valence-electron chi connectivity index (χ3n) is 6.70. The summed E-state index contributed by atoms with van der Waals surface area (Å²) in [5.41, 5.74) is 7.05. The number of hydrogen-bond acceptors (Lipinski definition) is 14. The van der Waals surface area contributed by atoms with Crippen LogP contribution < -0.4 is 26.1 Å². The van der Waals surface area contributed by atoms with Gasteiger partial charge in [-0.2, -0.15) is 18.0 Å². The average molecular weight is 683 g/mol. The summed E-state index contributed by atoms with van der Waals surface area (Å²) in [5, 5.41) is 17.8. The van der Waals surface area contributed by atoms with Crippen molar-refractivity contribution in [1.82, 2.24) is 24.9 Å². The molecule has 3 aromatic rings. The van der Waals surface area contributed by atoms with Gasteiger partial charge in [0.15, 0.2) is 10.8 Å². The normalized spacial score (nSPS) is 17.6. The minimum atomic E-state index is -5.02. The quantitative estimate of drug-likeness (QED) is 0.0425. The van der Waals surface area contributed by atoms with Crippen molar-refractivity contribution < 1.29 is 50.9 Å². The van der Waals surface area contributed by atoms with Crippen LogP contribution in [0.25, 0.3) is 5.82 Å². The number of nitrogen functional groups attached to an aromatic ring is 1. The number of carboxylic acids is 1. The van der Waals surface area contributed by atoms with Crippen molar-refractivity contribution in [3.8, 4) is 11.6 Å². The van der Waals surface area contributed by atoms with Gasteiger partial charge in [0.1, 0.15) is 36.5 Å². The van der Waals surface area contributed by atoms with Gasteiger partial charge < -0.3 is 31.5 Å². The fraction of sp³-hybridized carbons (Fsp3) is 0.400. The van der Waals surface area contributed by atoms with Gasteiger partial charge in [-0.1, -0.05) is 5.16 Å². The van der Waals surface area contributed by atoms with Gasteiger partial charge in [0.05, 0.1) is 18.3 Å². The van der Waals surface area contributed by atoms with Gasteiger partial charge in [0.2, 0.25) is 12.1 Å². The van der Waals surface area contributed by atoms with Crippen LogP contribution in [0.4, 0.5) is 5.13 Å². The molecular weight excluding hydrogens is 650 g/mol. The van der Waals surface area contributed by atoms with E-state index in [-0.39, 0.29) is 16.6 Å². The number of pyridine rings is 1. The zero-order chi connectivity index (χ0) is 33.9. The highest BCUT2D eigenvalue weighted by Gasteiger charge is 2.58. The number of β-lactam (4-membered cyclic amide) rings is 1. The summed E-state index contributed by atoms with van der Waals surface area (Å²) in [6.07, 6.45) is 7.76. The molecule has 0 radical (unpaired) electrons. The molecule has 4 heterocycles. The first-order valence-corrected chi connectivity index (χ1v) is 15.7. The van der Waals surface area contributed by atoms with Crippen LogP contribution in [-0.2, 0) is 40.4 Å². The molecule has 0 aliphatic carbocycles. The number of nitrogens with two attached hydrogens (primary N) is 2. The summed E-state index contributed by atoms with van der Waals surface area (Å²) in [4.78, 5) is 51.7. The van der Waals surface area contributed by atoms with E-state index in [0.717, 1.165) is 31.2 Å². The lowest BCUT2D eigenvalue weighted by molar-refractivity contribution is -0.696. The molecule has 1 aliphatic rings. The Labute approximate surface area is 266 Å². The molecule has 1 saturated heterocycles. The van der Waals surface area contributed by atoms with E-state index in [9.17, 15) is 27.9 Å². The predicted octanol–water partition coefficient (Wildman–Crippen LogP) is -0.970. The number of hydrogen-bond donors (Lipinski definition) is 5. The van der Waals surface area contributed by atoms with Crippen LogP contribution in [0.15, 0.2) is 47.6 Å². The number of imidazole rings is 1. The van der Waals surface area contributed by atoms with E-state index in [1.165, 1.54) is 25.4 Å². The number of aliphatic carboxylic acids is 1. The second-order valence-corrected chi connectivity index (χ2v) is 12.6. The lowest BCUT2D eigenvalue weighted by Gasteiger charge is -2.50. The highest BCUT2D eigenvalue weighted by Crippen LogP contribution is 2.33. The monoisotopic (exact) mass is 682 g/mol. The molecule has 2 unspecified atom stereocenters. The minimum Gasteiger partial charge on any atom is -0.487 e. The second kappa shape index (κ2) is 13.3. The number of nitrogens with zero attached hydrogens (tertiary/aromatic N) is 6. The Bertz CT molecular complexity index is 1740. The molecule has 248 valence electrons. The number of carboxylic acid groups (broad SMARTS) is 1. The smallest absolute Gasteiger partial charge is 0.418 e. The molecule has 4 rings (SSSR count). The fourth-order valence-corrected chi connectivity index (χ4v) is 5.06. The number of anilines is 1. The summed E-state index contributed by atoms with van der Waals surface area (Å²) in [5.74, 6) is -2.72. The zero-order valence-electron chi connectivity index (χ0n) is 24.8. The molecule has 46 heavy (non-hydrogen) atoms. The molecule has 2 amide bonds. The highest BCUT2D eigenvalue weighted by molar-refractivity contribution is 7.80. The maximum Gasteiger partial charge on any atom is 0.418 e. The summed E-state index contributed by atoms with van der Waals surface area (Å²) >= 11 is 0.952. The number of ether oxygens (including phenoxy) is 1. The first kappa shape index (κ1) is 34.2. The van der Waals surface area contributed by atoms with Gasteiger partial charge in [-0.05, 0) is 39.8 Å². The van der Waals surface area contributed by atoms with Crippen molar-refractivity contribution in [2.45, 2.75) is 50.9 Å². The molecule has 1 fully saturated rings. The lowest BCUT2D eigenvalue weighted by atomic mass is 9.84. The van der Waals surface area contributed by atoms with Crippen molar-refractivity contribution in [2.75, 3.05) is 18.9 Å². The van der Waals surface area contributed by atoms with E-state index >= 15 is 0 Å². The third-order valence-corrected chi connectivity index (χ3v) is 7.71. The Morgan fingerprint density at radius 1 is 1.33 bits per heavy atom. The van der Waals surface area contributed by atoms with Crippen molar-refractivity contribution >= 4 is 50.4 Å². The van der Waals surface area contributed by atoms with Crippen molar-refractivity contribution in [1.29, 1.82) is 0 Å². The lowest BCUT2D eigenvalue weighted by Crippen LogP contribution is -2.76. The van der Waals surface area contributed by atoms with Gasteiger partial charge in [-0.25, -0.2) is 19.3 Å². The minimum absolute atomic E-state index is 0.0499. The Hall–Kier alpha value is -4.70. The molecule has 7 N–H and O–H groups in total. The van der Waals surface area contributed by atoms with E-state index in [1.807, 2.05) is 23.3 Å². The number of carbonyl (C=O) groups excluding carboxylic acids is 2. The Kier molecular flexibility index (Phi) is 9.91. The third kappa shape index (κ3) is 7.74. The molecule has 0 bridgehead atoms. The standard InChI is InChI=1S/C25H31N9O10S2/c1-24(2)19(21(36)34(24)44-46(39,40)41)30-20(35)18(16-12-45-23(27)29-16)31-43-25(3,22(37)38)13-42-15-5-6-17(28-11-15)33-10-9-32(14-33)8-4-7-26/h5-6,9-12,14,19H,4,7-8,13,26H2,1-3H3,(H4-,27,29,30,35,37,38,39,40,41)/p+1/b31-18-. The number of rotatable bonds is 15. The first-order chi connectivity index (χ1) is 21.5. The van der Waals surface area contributed by atoms with Crippen LogP contribution in [-0.4, -0.2) is 91.5 Å². The van der Waals surface area contributed by atoms with E-state index in [4.69, 9.17) is 25.6 Å². The Balaban J connectivity index is 1.48. The summed E-state index contributed by atoms with van der Waals surface area (Å²) in [7, 11) is -5.02. The van der Waals surface area contributed by atoms with Gasteiger partial charge in [0.25, 0.3) is 17.4 Å². The number of oxime groups is 1. The second-order valence-electron chi connectivity index (χ2n) is 10.7. The van der Waals surface area contributed by atoms with Crippen molar-refractivity contribution in [3.05, 3.63) is 48.1 Å². The zero-order valence-corrected chi connectivity index (χ0v) is 26.4. The largest absolute Gasteiger partial charge is 0.487 e. The number of nitrogens with one attached hydrogen (secondary N) is 1. The van der Waals surface area contributed by atoms with Crippen LogP contribution in [0.1, 0.15) is 32.9 Å². The molecule has 2 atom stereocenters. The molecular formula is C25H32N9O10S2+. The Morgan fingerprint density at radius 3 is 2.63 bits per heavy atom. The molecule has 21 heteroatoms. The first-order valence-electron chi connectivity index (χ1n) is 13.4. The molecule has 0 aromatic carbocycles. The number of aromatic nitrogens is 4. The van der Waals surface area contributed by atoms with Crippen LogP contribution in [0.2, 0.25) is 0 Å². The van der Waals surface area contributed by atoms with Crippen LogP contribution in [0.5, 0.6) is 5.75 Å². The highest BCUT2D eigenvalue weighted by atomic mass is 32.3. The SMILES string of the molecule is CC(COc1ccc(-n2cc[n+](CCCN)c2)nc1)(O/N=C(\C(=O)NC1C(=O)N(OS(=O)(=O)O)C1(C)C)c1csc(N)n1)C(=O)O. The van der Waals surface area contributed by atoms with Gasteiger partial charge in [-0.15, -0.1) is 15.6 Å². The molecule has 0 saturated carbocycles. The van der Waals surface area contributed by atoms with Gasteiger partial charge in [0, 0.05) is 11.4 Å². The maximum absolute atomic E-state index is 13.3. The van der Waals surface area contributed by atoms with Crippen molar-refractivity contribution in [3.63, 3.8) is 0 Å². The van der Waals surface area contributed by atoms with Crippen molar-refractivity contribution in [2.24, 2.45) is 10.9 Å².